The van der Waals surface area contributed by atoms with Crippen molar-refractivity contribution < 1.29 is 8.83 Å². The van der Waals surface area contributed by atoms with Crippen LogP contribution in [0.2, 0.25) is 0 Å². The highest BCUT2D eigenvalue weighted by Crippen LogP contribution is 2.46. The first-order valence-corrected chi connectivity index (χ1v) is 41.4. The smallest absolute Gasteiger partial charge is 0.164 e. The van der Waals surface area contributed by atoms with E-state index in [0.29, 0.717) is 34.9 Å². The van der Waals surface area contributed by atoms with Crippen LogP contribution in [0.3, 0.4) is 0 Å². The predicted octanol–water partition coefficient (Wildman–Crippen LogP) is 28.5. The molecular formula is C112H70N10O2. The zero-order valence-corrected chi connectivity index (χ0v) is 66.7. The van der Waals surface area contributed by atoms with Gasteiger partial charge >= 0.3 is 0 Å². The number of aromatic nitrogens is 10. The lowest BCUT2D eigenvalue weighted by molar-refractivity contribution is 0.668. The van der Waals surface area contributed by atoms with Crippen molar-refractivity contribution in [2.45, 2.75) is 0 Å². The lowest BCUT2D eigenvalue weighted by Crippen LogP contribution is -2.00. The molecule has 0 saturated heterocycles. The molecule has 124 heavy (non-hydrogen) atoms. The van der Waals surface area contributed by atoms with Crippen molar-refractivity contribution >= 4 is 76.5 Å². The van der Waals surface area contributed by atoms with E-state index < -0.39 is 0 Å². The largest absolute Gasteiger partial charge is 0.456 e. The second-order valence-electron chi connectivity index (χ2n) is 30.9. The van der Waals surface area contributed by atoms with E-state index in [0.717, 1.165) is 199 Å². The van der Waals surface area contributed by atoms with Crippen LogP contribution in [-0.4, -0.2) is 49.1 Å². The summed E-state index contributed by atoms with van der Waals surface area (Å²) in [5, 5.41) is 19.9. The lowest BCUT2D eigenvalue weighted by Gasteiger charge is -2.11. The van der Waals surface area contributed by atoms with E-state index in [1.54, 1.807) is 0 Å². The fourth-order valence-electron chi connectivity index (χ4n) is 17.3. The Bertz CT molecular complexity index is 8220. The Hall–Kier alpha value is -17.0. The molecule has 580 valence electrons. The van der Waals surface area contributed by atoms with Crippen molar-refractivity contribution in [2.75, 3.05) is 0 Å². The van der Waals surface area contributed by atoms with E-state index in [9.17, 15) is 0 Å². The highest BCUT2D eigenvalue weighted by molar-refractivity contribution is 6.12. The Balaban J connectivity index is 0.000000143. The van der Waals surface area contributed by atoms with Gasteiger partial charge in [0.1, 0.15) is 33.7 Å². The van der Waals surface area contributed by atoms with Gasteiger partial charge in [0.25, 0.3) is 0 Å². The molecule has 12 heteroatoms. The molecule has 8 aromatic heterocycles. The number of para-hydroxylation sites is 2. The minimum Gasteiger partial charge on any atom is -0.456 e. The number of fused-ring (bicyclic) bond motifs is 12. The van der Waals surface area contributed by atoms with E-state index in [-0.39, 0.29) is 0 Å². The van der Waals surface area contributed by atoms with Crippen molar-refractivity contribution in [3.63, 3.8) is 0 Å². The first-order valence-electron chi connectivity index (χ1n) is 41.4. The molecule has 0 N–H and O–H groups in total. The Labute approximate surface area is 712 Å². The van der Waals surface area contributed by atoms with Gasteiger partial charge in [0, 0.05) is 99.1 Å². The summed E-state index contributed by atoms with van der Waals surface area (Å²) in [7, 11) is 0. The molecule has 8 heterocycles. The van der Waals surface area contributed by atoms with Crippen LogP contribution in [0.4, 0.5) is 0 Å². The third-order valence-corrected chi connectivity index (χ3v) is 23.3. The Kier molecular flexibility index (Phi) is 17.9. The van der Waals surface area contributed by atoms with Gasteiger partial charge in [-0.3, -0.25) is 0 Å². The average Bonchev–Trinajstić information content (AvgIpc) is 1.57. The van der Waals surface area contributed by atoms with Gasteiger partial charge in [-0.15, -0.1) is 0 Å². The number of pyridine rings is 2. The first kappa shape index (κ1) is 72.3. The monoisotopic (exact) mass is 1590 g/mol. The van der Waals surface area contributed by atoms with Crippen LogP contribution in [0.25, 0.3) is 234 Å². The molecule has 0 amide bonds. The van der Waals surface area contributed by atoms with Crippen LogP contribution in [-0.2, 0) is 0 Å². The molecule has 0 saturated carbocycles. The molecule has 0 bridgehead atoms. The number of furan rings is 2. The van der Waals surface area contributed by atoms with E-state index in [1.165, 1.54) is 0 Å². The molecule has 0 unspecified atom stereocenters. The summed E-state index contributed by atoms with van der Waals surface area (Å²) < 4.78 is 16.5. The quantitative estimate of drug-likeness (QED) is 0.103. The second kappa shape index (κ2) is 30.8. The van der Waals surface area contributed by atoms with E-state index >= 15 is 0 Å². The van der Waals surface area contributed by atoms with Gasteiger partial charge in [-0.25, -0.2) is 38.9 Å². The highest BCUT2D eigenvalue weighted by atomic mass is 16.3. The summed E-state index contributed by atoms with van der Waals surface area (Å²) in [4.78, 5) is 30.8. The van der Waals surface area contributed by atoms with Crippen LogP contribution < -0.4 is 0 Å². The number of nitrogens with zero attached hydrogens (tertiary/aromatic N) is 10. The van der Waals surface area contributed by atoms with Gasteiger partial charge in [0.2, 0.25) is 0 Å². The van der Waals surface area contributed by atoms with Crippen LogP contribution >= 0.6 is 0 Å². The minimum atomic E-state index is 0.577. The lowest BCUT2D eigenvalue weighted by atomic mass is 9.96. The number of rotatable bonds is 14. The maximum absolute atomic E-state index is 6.14. The van der Waals surface area contributed by atoms with Gasteiger partial charge in [0.05, 0.1) is 22.4 Å². The number of hydrogen-bond acceptors (Lipinski definition) is 10. The van der Waals surface area contributed by atoms with Crippen LogP contribution in [0.1, 0.15) is 0 Å². The SMILES string of the molecule is c1ccc(-c2nc(-c3ccc(-c4ccc5oc6ccccc6c5c4)cc3)nc(-c3cccc(-c4nn5c(-c6ccccc6)cc6ccccc6c5c4-c4ccccc4)c3)n2)cc1.c1ccc(-c2nc(-c3cccc(-c4ccc5oc6ccccc6c5c4)c3)nc(-c3cccc(-c4nn5c(-c6ccccc6)cc6ccccc6c5c4-c4ccccc4)c3)n2)cc1. The fraction of sp³-hybridized carbons (Fsp3) is 0. The zero-order valence-electron chi connectivity index (χ0n) is 66.7. The number of benzene rings is 16. The predicted molar refractivity (Wildman–Crippen MR) is 503 cm³/mol. The molecule has 0 radical (unpaired) electrons. The van der Waals surface area contributed by atoms with Crippen LogP contribution in [0.5, 0.6) is 0 Å². The summed E-state index contributed by atoms with van der Waals surface area (Å²) in [6.07, 6.45) is 0. The average molecular weight is 1590 g/mol. The maximum Gasteiger partial charge on any atom is 0.164 e. The van der Waals surface area contributed by atoms with E-state index in [1.807, 2.05) is 109 Å². The maximum atomic E-state index is 6.14. The van der Waals surface area contributed by atoms with Gasteiger partial charge in [-0.05, 0) is 111 Å². The molecule has 0 atom stereocenters. The van der Waals surface area contributed by atoms with Crippen LogP contribution in [0, 0.1) is 0 Å². The number of hydrogen-bond donors (Lipinski definition) is 0. The Morgan fingerprint density at radius 2 is 0.435 bits per heavy atom. The van der Waals surface area contributed by atoms with E-state index in [4.69, 9.17) is 48.9 Å². The summed E-state index contributed by atoms with van der Waals surface area (Å²) in [6.45, 7) is 0. The molecular weight excluding hydrogens is 1520 g/mol. The van der Waals surface area contributed by atoms with Crippen molar-refractivity contribution in [1.29, 1.82) is 0 Å². The van der Waals surface area contributed by atoms with Crippen molar-refractivity contribution in [3.05, 3.63) is 425 Å². The van der Waals surface area contributed by atoms with Gasteiger partial charge in [0.15, 0.2) is 34.9 Å². The molecule has 24 aromatic rings. The molecule has 16 aromatic carbocycles. The molecule has 0 fully saturated rings. The van der Waals surface area contributed by atoms with Crippen molar-refractivity contribution in [3.8, 4) is 158 Å². The molecule has 0 spiro atoms. The second-order valence-corrected chi connectivity index (χ2v) is 30.9. The molecule has 0 aliphatic heterocycles. The zero-order chi connectivity index (χ0) is 82.0. The third kappa shape index (κ3) is 13.2. The summed E-state index contributed by atoms with van der Waals surface area (Å²) in [5.41, 5.74) is 27.5. The first-order chi connectivity index (χ1) is 61.4. The molecule has 0 aliphatic carbocycles. The van der Waals surface area contributed by atoms with Gasteiger partial charge < -0.3 is 8.83 Å². The van der Waals surface area contributed by atoms with Crippen molar-refractivity contribution in [1.82, 2.24) is 49.1 Å². The molecule has 24 rings (SSSR count). The topological polar surface area (TPSA) is 138 Å². The third-order valence-electron chi connectivity index (χ3n) is 23.3. The van der Waals surface area contributed by atoms with Crippen molar-refractivity contribution in [2.24, 2.45) is 0 Å². The summed E-state index contributed by atoms with van der Waals surface area (Å²) in [6, 6.07) is 147. The minimum absolute atomic E-state index is 0.577. The molecule has 12 nitrogen and oxygen atoms in total. The van der Waals surface area contributed by atoms with Gasteiger partial charge in [-0.2, -0.15) is 10.2 Å². The summed E-state index contributed by atoms with van der Waals surface area (Å²) >= 11 is 0. The van der Waals surface area contributed by atoms with Crippen LogP contribution in [0.15, 0.2) is 433 Å². The van der Waals surface area contributed by atoms with E-state index in [2.05, 4.69) is 324 Å². The highest BCUT2D eigenvalue weighted by Gasteiger charge is 2.26. The van der Waals surface area contributed by atoms with Gasteiger partial charge in [-0.1, -0.05) is 358 Å². The fourth-order valence-corrected chi connectivity index (χ4v) is 17.3. The Morgan fingerprint density at radius 1 is 0.169 bits per heavy atom. The Morgan fingerprint density at radius 3 is 0.839 bits per heavy atom. The molecule has 0 aliphatic rings. The normalized spacial score (nSPS) is 11.5. The standard InChI is InChI=1S/2C56H35N5O/c1-4-16-36(17-5-1)48-35-41-22-10-11-27-45(41)53-51(37-18-6-2-7-19-37)52(60-61(48)53)42-24-15-26-44(33-42)56-58-54(38-20-8-3-9-21-38)57-55(59-56)43-25-14-23-39(32-43)40-30-31-50-47(34-40)46-28-12-13-29-49(46)62-50;1-4-15-37(16-5-1)48-35-42-21-10-11-24-45(42)53-51(38-17-6-2-7-18-38)52(60-61(48)53)43-22-14-23-44(33-43)56-58-54(39-19-8-3-9-20-39)57-55(59-56)40-29-27-36(28-30-40)41-31-32-50-47(34-41)46-25-12-13-26-49(46)62-50/h2*1-35H. The summed E-state index contributed by atoms with van der Waals surface area (Å²) in [5.74, 6) is 3.55.